The van der Waals surface area contributed by atoms with Crippen LogP contribution in [0.3, 0.4) is 0 Å². The predicted octanol–water partition coefficient (Wildman–Crippen LogP) is 3.35. The zero-order chi connectivity index (χ0) is 20.9. The SMILES string of the molecule is Cc1ccc(CNC(=O)c2nnc(CSc3nnnn3-c3ccc(C)cc3)s2)cc1. The minimum atomic E-state index is -0.228. The number of tetrazole rings is 1. The number of nitrogens with zero attached hydrogens (tertiary/aromatic N) is 6. The molecule has 0 aliphatic heterocycles. The van der Waals surface area contributed by atoms with E-state index in [-0.39, 0.29) is 5.91 Å². The Morgan fingerprint density at radius 1 is 1.00 bits per heavy atom. The summed E-state index contributed by atoms with van der Waals surface area (Å²) in [5, 5.41) is 24.7. The van der Waals surface area contributed by atoms with Gasteiger partial charge < -0.3 is 5.32 Å². The standard InChI is InChI=1S/C20H19N7OS2/c1-13-3-7-15(8-4-13)11-21-18(28)19-23-22-17(30-19)12-29-20-24-25-26-27(20)16-9-5-14(2)6-10-16/h3-10H,11-12H2,1-2H3,(H,21,28). The smallest absolute Gasteiger partial charge is 0.282 e. The van der Waals surface area contributed by atoms with Gasteiger partial charge in [-0.05, 0) is 42.0 Å². The summed E-state index contributed by atoms with van der Waals surface area (Å²) in [7, 11) is 0. The zero-order valence-electron chi connectivity index (χ0n) is 16.4. The largest absolute Gasteiger partial charge is 0.346 e. The highest BCUT2D eigenvalue weighted by Gasteiger charge is 2.15. The fourth-order valence-electron chi connectivity index (χ4n) is 2.61. The number of hydrogen-bond donors (Lipinski definition) is 1. The molecular formula is C20H19N7OS2. The van der Waals surface area contributed by atoms with E-state index in [9.17, 15) is 4.79 Å². The summed E-state index contributed by atoms with van der Waals surface area (Å²) >= 11 is 2.72. The first-order chi connectivity index (χ1) is 14.6. The van der Waals surface area contributed by atoms with Crippen LogP contribution in [0.1, 0.15) is 31.5 Å². The number of aromatic nitrogens is 6. The summed E-state index contributed by atoms with van der Waals surface area (Å²) in [5.74, 6) is 0.295. The minimum absolute atomic E-state index is 0.228. The van der Waals surface area contributed by atoms with Crippen molar-refractivity contribution in [3.63, 3.8) is 0 Å². The van der Waals surface area contributed by atoms with Crippen LogP contribution in [0.4, 0.5) is 0 Å². The Morgan fingerprint density at radius 2 is 1.70 bits per heavy atom. The second kappa shape index (κ2) is 9.14. The van der Waals surface area contributed by atoms with E-state index in [4.69, 9.17) is 0 Å². The lowest BCUT2D eigenvalue weighted by molar-refractivity contribution is 0.0950. The Balaban J connectivity index is 1.35. The summed E-state index contributed by atoms with van der Waals surface area (Å²) in [5.41, 5.74) is 4.28. The molecule has 1 amide bonds. The number of rotatable bonds is 7. The van der Waals surface area contributed by atoms with Crippen LogP contribution in [0.2, 0.25) is 0 Å². The van der Waals surface area contributed by atoms with Crippen LogP contribution in [-0.2, 0) is 12.3 Å². The Morgan fingerprint density at radius 3 is 2.43 bits per heavy atom. The molecule has 4 aromatic rings. The van der Waals surface area contributed by atoms with Crippen LogP contribution in [0.15, 0.2) is 53.7 Å². The second-order valence-corrected chi connectivity index (χ2v) is 8.67. The highest BCUT2D eigenvalue weighted by atomic mass is 32.2. The molecule has 10 heteroatoms. The molecular weight excluding hydrogens is 418 g/mol. The molecule has 0 atom stereocenters. The van der Waals surface area contributed by atoms with Gasteiger partial charge in [0.25, 0.3) is 5.91 Å². The lowest BCUT2D eigenvalue weighted by Crippen LogP contribution is -2.22. The van der Waals surface area contributed by atoms with E-state index in [0.29, 0.717) is 22.5 Å². The van der Waals surface area contributed by atoms with Crippen molar-refractivity contribution < 1.29 is 4.79 Å². The number of carbonyl (C=O) groups is 1. The molecule has 152 valence electrons. The average molecular weight is 438 g/mol. The second-order valence-electron chi connectivity index (χ2n) is 6.67. The highest BCUT2D eigenvalue weighted by molar-refractivity contribution is 7.98. The van der Waals surface area contributed by atoms with Crippen LogP contribution in [0.5, 0.6) is 0 Å². The molecule has 2 aromatic heterocycles. The van der Waals surface area contributed by atoms with Crippen LogP contribution in [0, 0.1) is 13.8 Å². The monoisotopic (exact) mass is 437 g/mol. The van der Waals surface area contributed by atoms with Gasteiger partial charge in [0.05, 0.1) is 11.4 Å². The number of thioether (sulfide) groups is 1. The van der Waals surface area contributed by atoms with Gasteiger partial charge in [-0.2, -0.15) is 4.68 Å². The normalized spacial score (nSPS) is 10.9. The first kappa shape index (κ1) is 20.2. The molecule has 0 fully saturated rings. The van der Waals surface area contributed by atoms with Crippen molar-refractivity contribution >= 4 is 29.0 Å². The van der Waals surface area contributed by atoms with E-state index in [2.05, 4.69) is 31.0 Å². The van der Waals surface area contributed by atoms with Crippen LogP contribution in [-0.4, -0.2) is 36.3 Å². The first-order valence-electron chi connectivity index (χ1n) is 9.23. The molecule has 0 bridgehead atoms. The number of aryl methyl sites for hydroxylation is 2. The maximum atomic E-state index is 12.4. The molecule has 0 saturated carbocycles. The number of amides is 1. The Kier molecular flexibility index (Phi) is 6.15. The topological polar surface area (TPSA) is 98.5 Å². The number of carbonyl (C=O) groups excluding carboxylic acids is 1. The predicted molar refractivity (Wildman–Crippen MR) is 116 cm³/mol. The molecule has 2 heterocycles. The molecule has 0 aliphatic carbocycles. The van der Waals surface area contributed by atoms with Gasteiger partial charge in [-0.15, -0.1) is 15.3 Å². The lowest BCUT2D eigenvalue weighted by atomic mass is 10.1. The zero-order valence-corrected chi connectivity index (χ0v) is 18.1. The van der Waals surface area contributed by atoms with Crippen molar-refractivity contribution in [3.05, 3.63) is 75.2 Å². The molecule has 0 unspecified atom stereocenters. The van der Waals surface area contributed by atoms with Crippen molar-refractivity contribution in [3.8, 4) is 5.69 Å². The molecule has 0 spiro atoms. The Bertz CT molecular complexity index is 1140. The van der Waals surface area contributed by atoms with E-state index >= 15 is 0 Å². The van der Waals surface area contributed by atoms with Gasteiger partial charge in [0, 0.05) is 6.54 Å². The fourth-order valence-corrected chi connectivity index (χ4v) is 4.24. The number of hydrogen-bond acceptors (Lipinski definition) is 8. The summed E-state index contributed by atoms with van der Waals surface area (Å²) in [6.07, 6.45) is 0. The molecule has 0 saturated heterocycles. The van der Waals surface area contributed by atoms with E-state index in [0.717, 1.165) is 16.3 Å². The number of benzene rings is 2. The van der Waals surface area contributed by atoms with E-state index in [1.807, 2.05) is 62.4 Å². The summed E-state index contributed by atoms with van der Waals surface area (Å²) < 4.78 is 1.68. The van der Waals surface area contributed by atoms with Crippen molar-refractivity contribution in [2.75, 3.05) is 0 Å². The van der Waals surface area contributed by atoms with Gasteiger partial charge in [-0.3, -0.25) is 4.79 Å². The first-order valence-corrected chi connectivity index (χ1v) is 11.0. The summed E-state index contributed by atoms with van der Waals surface area (Å²) in [6.45, 7) is 4.51. The molecule has 1 N–H and O–H groups in total. The van der Waals surface area contributed by atoms with Crippen LogP contribution >= 0.6 is 23.1 Å². The third kappa shape index (κ3) is 4.89. The Hall–Kier alpha value is -3.11. The summed E-state index contributed by atoms with van der Waals surface area (Å²) in [6, 6.07) is 16.0. The molecule has 2 aromatic carbocycles. The quantitative estimate of drug-likeness (QED) is 0.443. The fraction of sp³-hybridized carbons (Fsp3) is 0.200. The van der Waals surface area contributed by atoms with Gasteiger partial charge in [-0.25, -0.2) is 0 Å². The van der Waals surface area contributed by atoms with Gasteiger partial charge in [0.2, 0.25) is 10.2 Å². The van der Waals surface area contributed by atoms with Crippen LogP contribution in [0.25, 0.3) is 5.69 Å². The number of nitrogens with one attached hydrogen (secondary N) is 1. The van der Waals surface area contributed by atoms with Crippen molar-refractivity contribution in [1.82, 2.24) is 35.7 Å². The third-order valence-corrected chi connectivity index (χ3v) is 6.31. The molecule has 8 nitrogen and oxygen atoms in total. The van der Waals surface area contributed by atoms with E-state index in [1.54, 1.807) is 4.68 Å². The van der Waals surface area contributed by atoms with E-state index in [1.165, 1.54) is 34.2 Å². The average Bonchev–Trinajstić information content (AvgIpc) is 3.42. The lowest BCUT2D eigenvalue weighted by Gasteiger charge is -2.03. The molecule has 0 radical (unpaired) electrons. The highest BCUT2D eigenvalue weighted by Crippen LogP contribution is 2.24. The minimum Gasteiger partial charge on any atom is -0.346 e. The van der Waals surface area contributed by atoms with Gasteiger partial charge in [0.15, 0.2) is 0 Å². The van der Waals surface area contributed by atoms with E-state index < -0.39 is 0 Å². The van der Waals surface area contributed by atoms with Gasteiger partial charge in [-0.1, -0.05) is 70.6 Å². The third-order valence-electron chi connectivity index (χ3n) is 4.28. The van der Waals surface area contributed by atoms with Crippen molar-refractivity contribution in [2.45, 2.75) is 31.3 Å². The molecule has 4 rings (SSSR count). The van der Waals surface area contributed by atoms with Crippen molar-refractivity contribution in [2.24, 2.45) is 0 Å². The summed E-state index contributed by atoms with van der Waals surface area (Å²) in [4.78, 5) is 12.4. The van der Waals surface area contributed by atoms with Gasteiger partial charge in [0.1, 0.15) is 5.01 Å². The van der Waals surface area contributed by atoms with Gasteiger partial charge >= 0.3 is 0 Å². The maximum absolute atomic E-state index is 12.4. The molecule has 30 heavy (non-hydrogen) atoms. The Labute approximate surface area is 181 Å². The molecule has 0 aliphatic rings. The van der Waals surface area contributed by atoms with Crippen LogP contribution < -0.4 is 5.32 Å². The maximum Gasteiger partial charge on any atom is 0.282 e. The van der Waals surface area contributed by atoms with Crippen molar-refractivity contribution in [1.29, 1.82) is 0 Å².